The van der Waals surface area contributed by atoms with Crippen LogP contribution in [-0.4, -0.2) is 97.4 Å². The van der Waals surface area contributed by atoms with Crippen LogP contribution in [0.1, 0.15) is 36.8 Å². The number of imidazole rings is 1. The van der Waals surface area contributed by atoms with Crippen LogP contribution < -0.4 is 4.40 Å². The predicted molar refractivity (Wildman–Crippen MR) is 171 cm³/mol. The van der Waals surface area contributed by atoms with E-state index in [1.807, 2.05) is 30.1 Å². The van der Waals surface area contributed by atoms with Crippen molar-refractivity contribution in [1.82, 2.24) is 14.4 Å². The summed E-state index contributed by atoms with van der Waals surface area (Å²) in [5.41, 5.74) is -4.43. The van der Waals surface area contributed by atoms with E-state index in [0.717, 1.165) is 21.2 Å². The first-order valence-corrected chi connectivity index (χ1v) is 18.5. The molecule has 2 fully saturated rings. The Morgan fingerprint density at radius 2 is 1.88 bits per heavy atom. The standard InChI is InChI=1S/C28H29N5O8S2.CHF3O3S/c1-14-20(23(27(36)37)32-22(14)21(15(2)34)24(32)35)19-11-30-13-31(26(42-3)25(30)43-19)18-8-9-29(10-18)28(38)41-12-16-4-6-17(7-5-16)33(39)40;2-1(3,4)8(5,6)7/h4-7,11,13-15,18,21-22,34H,8-10,12H2,1-3H3;(H,5,6,7)/t14-,15+,18-,21+,22+;/m0./s1. The van der Waals surface area contributed by atoms with Crippen molar-refractivity contribution in [3.05, 3.63) is 63.0 Å². The lowest BCUT2D eigenvalue weighted by Gasteiger charge is -2.46. The van der Waals surface area contributed by atoms with E-state index < -0.39 is 44.6 Å². The number of rotatable bonds is 8. The van der Waals surface area contributed by atoms with Gasteiger partial charge in [0.1, 0.15) is 24.5 Å². The third kappa shape index (κ3) is 7.14. The second-order valence-electron chi connectivity index (χ2n) is 11.9. The van der Waals surface area contributed by atoms with Crippen molar-refractivity contribution >= 4 is 67.3 Å². The number of nitrogens with zero attached hydrogens (tertiary/aromatic N) is 5. The number of non-ortho nitro benzene ring substituents is 1. The number of carbonyl (C=O) groups excluding carboxylic acids is 2. The molecule has 0 unspecified atom stereocenters. The molecule has 0 radical (unpaired) electrons. The molecule has 2 N–H and O–H groups in total. The molecule has 1 aromatic carbocycles. The molecule has 0 saturated carbocycles. The van der Waals surface area contributed by atoms with Crippen molar-refractivity contribution in [3.63, 3.8) is 0 Å². The van der Waals surface area contributed by atoms with Crippen molar-refractivity contribution in [2.75, 3.05) is 19.3 Å². The van der Waals surface area contributed by atoms with E-state index >= 15 is 0 Å². The van der Waals surface area contributed by atoms with Gasteiger partial charge in [0, 0.05) is 36.6 Å². The minimum Gasteiger partial charge on any atom is -0.741 e. The molecule has 0 spiro atoms. The molecule has 3 aromatic rings. The lowest BCUT2D eigenvalue weighted by molar-refractivity contribution is -0.508. The number of aliphatic carboxylic acids is 1. The van der Waals surface area contributed by atoms with Crippen molar-refractivity contribution < 1.29 is 64.8 Å². The third-order valence-electron chi connectivity index (χ3n) is 8.81. The Labute approximate surface area is 295 Å². The number of likely N-dealkylation sites (tertiary alicyclic amines) is 1. The number of aliphatic hydroxyl groups is 1. The third-order valence-corrected chi connectivity index (χ3v) is 11.4. The number of carbonyl (C=O) groups is 3. The Morgan fingerprint density at radius 3 is 2.41 bits per heavy atom. The number of halogens is 3. The first-order valence-electron chi connectivity index (χ1n) is 15.0. The molecule has 2 amide bonds. The topological polar surface area (TPSA) is 217 Å². The number of carboxylic acid groups (broad SMARTS) is 1. The van der Waals surface area contributed by atoms with Gasteiger partial charge in [-0.3, -0.25) is 14.9 Å². The zero-order valence-corrected chi connectivity index (χ0v) is 29.3. The number of carboxylic acids is 1. The average Bonchev–Trinajstić information content (AvgIpc) is 3.80. The summed E-state index contributed by atoms with van der Waals surface area (Å²) in [6.45, 7) is 4.45. The predicted octanol–water partition coefficient (Wildman–Crippen LogP) is 3.21. The quantitative estimate of drug-likeness (QED) is 0.0641. The van der Waals surface area contributed by atoms with Gasteiger partial charge in [-0.25, -0.2) is 22.6 Å². The highest BCUT2D eigenvalue weighted by Crippen LogP contribution is 2.51. The number of hydrogen-bond donors (Lipinski definition) is 2. The minimum absolute atomic E-state index is 0.00972. The summed E-state index contributed by atoms with van der Waals surface area (Å²) in [4.78, 5) is 52.9. The van der Waals surface area contributed by atoms with E-state index in [1.165, 1.54) is 28.4 Å². The highest BCUT2D eigenvalue weighted by Gasteiger charge is 2.60. The molecule has 5 atom stereocenters. The monoisotopic (exact) mass is 777 g/mol. The maximum Gasteiger partial charge on any atom is 0.485 e. The second kappa shape index (κ2) is 14.1. The van der Waals surface area contributed by atoms with Gasteiger partial charge >= 0.3 is 17.6 Å². The van der Waals surface area contributed by atoms with Crippen LogP contribution in [0.15, 0.2) is 47.5 Å². The number of benzene rings is 1. The van der Waals surface area contributed by atoms with Crippen LogP contribution in [0.2, 0.25) is 0 Å². The van der Waals surface area contributed by atoms with E-state index in [0.29, 0.717) is 24.2 Å². The van der Waals surface area contributed by atoms with Crippen molar-refractivity contribution in [2.45, 2.75) is 55.6 Å². The number of aromatic nitrogens is 2. The number of thiazole rings is 1. The number of β-lactam (4-membered cyclic amide) rings is 1. The van der Waals surface area contributed by atoms with Gasteiger partial charge in [-0.15, -0.1) is 0 Å². The summed E-state index contributed by atoms with van der Waals surface area (Å²) < 4.78 is 68.5. The maximum atomic E-state index is 12.8. The van der Waals surface area contributed by atoms with Crippen LogP contribution in [0.5, 0.6) is 0 Å². The van der Waals surface area contributed by atoms with Gasteiger partial charge in [-0.2, -0.15) is 17.6 Å². The molecule has 22 heteroatoms. The molecule has 3 aliphatic rings. The van der Waals surface area contributed by atoms with Gasteiger partial charge in [-0.05, 0) is 30.9 Å². The first kappa shape index (κ1) is 38.0. The average molecular weight is 778 g/mol. The summed E-state index contributed by atoms with van der Waals surface area (Å²) in [7, 11) is -6.09. The van der Waals surface area contributed by atoms with E-state index in [1.54, 1.807) is 35.7 Å². The molecule has 51 heavy (non-hydrogen) atoms. The fourth-order valence-corrected chi connectivity index (χ4v) is 8.69. The van der Waals surface area contributed by atoms with Crippen LogP contribution in [-0.2, 0) is 31.1 Å². The summed E-state index contributed by atoms with van der Waals surface area (Å²) in [5, 5.41) is 32.0. The molecular weight excluding hydrogens is 748 g/mol. The van der Waals surface area contributed by atoms with Gasteiger partial charge in [-0.1, -0.05) is 30.0 Å². The van der Waals surface area contributed by atoms with Gasteiger partial charge < -0.3 is 29.3 Å². The lowest BCUT2D eigenvalue weighted by atomic mass is 9.77. The Kier molecular flexibility index (Phi) is 10.5. The number of thioether (sulfide) groups is 1. The molecule has 0 bridgehead atoms. The van der Waals surface area contributed by atoms with Crippen molar-refractivity contribution in [2.24, 2.45) is 11.8 Å². The number of hydrogen-bond acceptors (Lipinski definition) is 12. The Bertz CT molecular complexity index is 2030. The number of nitro benzene ring substituents is 1. The van der Waals surface area contributed by atoms with Crippen molar-refractivity contribution in [1.29, 1.82) is 0 Å². The zero-order valence-electron chi connectivity index (χ0n) is 26.8. The number of amides is 2. The Balaban J connectivity index is 0.000000565. The largest absolute Gasteiger partial charge is 0.741 e. The Hall–Kier alpha value is -4.25. The van der Waals surface area contributed by atoms with Crippen LogP contribution in [0.3, 0.4) is 0 Å². The van der Waals surface area contributed by atoms with Crippen LogP contribution in [0.4, 0.5) is 23.7 Å². The van der Waals surface area contributed by atoms with Crippen LogP contribution in [0.25, 0.3) is 10.4 Å². The molecule has 276 valence electrons. The zero-order chi connectivity index (χ0) is 37.7. The molecule has 3 aliphatic heterocycles. The number of alkyl halides is 3. The normalized spacial score (nSPS) is 22.4. The van der Waals surface area contributed by atoms with E-state index in [9.17, 15) is 47.9 Å². The molecule has 2 aromatic heterocycles. The van der Waals surface area contributed by atoms with Crippen molar-refractivity contribution in [3.8, 4) is 0 Å². The SMILES string of the molecule is CSc1c2sc(C3=C(C(=O)O)N4C(=O)[C@H]([C@@H](C)O)[C@H]4[C@H]3C)c[n+]2cn1[C@H]1CCN(C(=O)OCc2ccc([N+](=O)[O-])cc2)C1.O=S(=O)([O-])C(F)(F)F. The smallest absolute Gasteiger partial charge is 0.485 e. The second-order valence-corrected chi connectivity index (χ2v) is 15.1. The molecule has 16 nitrogen and oxygen atoms in total. The minimum atomic E-state index is -6.09. The van der Waals surface area contributed by atoms with E-state index in [-0.39, 0.29) is 41.9 Å². The van der Waals surface area contributed by atoms with Crippen LogP contribution >= 0.6 is 23.1 Å². The number of aliphatic hydroxyl groups excluding tert-OH is 1. The molecule has 6 rings (SSSR count). The molecule has 0 aliphatic carbocycles. The lowest BCUT2D eigenvalue weighted by Crippen LogP contribution is -2.63. The van der Waals surface area contributed by atoms with Gasteiger partial charge in [0.05, 0.1) is 34.4 Å². The summed E-state index contributed by atoms with van der Waals surface area (Å²) in [6.07, 6.45) is 5.22. The summed E-state index contributed by atoms with van der Waals surface area (Å²) >= 11 is 3.02. The first-order chi connectivity index (χ1) is 23.8. The number of ether oxygens (including phenoxy) is 1. The molecule has 2 saturated heterocycles. The fourth-order valence-electron chi connectivity index (χ4n) is 6.46. The van der Waals surface area contributed by atoms with E-state index in [4.69, 9.17) is 17.7 Å². The Morgan fingerprint density at radius 1 is 1.25 bits per heavy atom. The highest BCUT2D eigenvalue weighted by atomic mass is 32.2. The number of fused-ring (bicyclic) bond motifs is 2. The molecule has 5 heterocycles. The van der Waals surface area contributed by atoms with Gasteiger partial charge in [0.2, 0.25) is 15.8 Å². The van der Waals surface area contributed by atoms with Gasteiger partial charge in [0.15, 0.2) is 10.1 Å². The molecular formula is C29H30F3N5O11S3. The highest BCUT2D eigenvalue weighted by molar-refractivity contribution is 7.98. The summed E-state index contributed by atoms with van der Waals surface area (Å²) in [5.74, 6) is -2.39. The fraction of sp³-hybridized carbons (Fsp3) is 0.448. The van der Waals surface area contributed by atoms with Crippen LogP contribution in [0, 0.1) is 22.0 Å². The number of nitro groups is 1. The summed E-state index contributed by atoms with van der Waals surface area (Å²) in [6, 6.07) is 5.50. The van der Waals surface area contributed by atoms with E-state index in [2.05, 4.69) is 4.57 Å². The van der Waals surface area contributed by atoms with Gasteiger partial charge in [0.25, 0.3) is 12.0 Å². The maximum absolute atomic E-state index is 12.8.